The first-order valence-corrected chi connectivity index (χ1v) is 5.76. The number of pyridine rings is 1. The monoisotopic (exact) mass is 239 g/mol. The van der Waals surface area contributed by atoms with Gasteiger partial charge < -0.3 is 10.6 Å². The summed E-state index contributed by atoms with van der Waals surface area (Å²) in [7, 11) is 0. The van der Waals surface area contributed by atoms with Crippen LogP contribution in [-0.4, -0.2) is 23.5 Å². The van der Waals surface area contributed by atoms with Crippen molar-refractivity contribution in [3.63, 3.8) is 0 Å². The van der Waals surface area contributed by atoms with Gasteiger partial charge in [0.1, 0.15) is 5.15 Å². The average molecular weight is 240 g/mol. The second-order valence-corrected chi connectivity index (χ2v) is 4.28. The molecule has 1 aliphatic carbocycles. The third kappa shape index (κ3) is 3.79. The minimum atomic E-state index is -0.00253. The molecule has 0 radical (unpaired) electrons. The van der Waals surface area contributed by atoms with Crippen molar-refractivity contribution < 1.29 is 4.79 Å². The van der Waals surface area contributed by atoms with Gasteiger partial charge in [0.2, 0.25) is 5.91 Å². The fourth-order valence-electron chi connectivity index (χ4n) is 1.35. The van der Waals surface area contributed by atoms with Crippen molar-refractivity contribution in [2.75, 3.05) is 11.9 Å². The van der Waals surface area contributed by atoms with Gasteiger partial charge in [-0.1, -0.05) is 11.6 Å². The number of anilines is 1. The molecule has 1 amide bonds. The largest absolute Gasteiger partial charge is 0.325 e. The molecular weight excluding hydrogens is 226 g/mol. The zero-order valence-electron chi connectivity index (χ0n) is 8.87. The third-order valence-electron chi connectivity index (χ3n) is 2.37. The number of hydrogen-bond donors (Lipinski definition) is 2. The Labute approximate surface area is 99.4 Å². The van der Waals surface area contributed by atoms with Crippen LogP contribution in [0.3, 0.4) is 0 Å². The summed E-state index contributed by atoms with van der Waals surface area (Å²) in [5.74, 6) is -0.00253. The molecule has 1 heterocycles. The van der Waals surface area contributed by atoms with Crippen LogP contribution in [0, 0.1) is 0 Å². The third-order valence-corrected chi connectivity index (χ3v) is 2.60. The lowest BCUT2D eigenvalue weighted by atomic mass is 10.3. The number of rotatable bonds is 5. The van der Waals surface area contributed by atoms with Crippen molar-refractivity contribution in [3.05, 3.63) is 23.5 Å². The number of halogens is 1. The Morgan fingerprint density at radius 3 is 2.94 bits per heavy atom. The van der Waals surface area contributed by atoms with Crippen LogP contribution in [0.15, 0.2) is 18.3 Å². The van der Waals surface area contributed by atoms with Gasteiger partial charge in [0.15, 0.2) is 0 Å². The fourth-order valence-corrected chi connectivity index (χ4v) is 1.46. The molecule has 1 aliphatic rings. The summed E-state index contributed by atoms with van der Waals surface area (Å²) in [6, 6.07) is 4.03. The van der Waals surface area contributed by atoms with Crippen LogP contribution < -0.4 is 10.6 Å². The van der Waals surface area contributed by atoms with E-state index in [1.165, 1.54) is 12.8 Å². The molecule has 0 saturated heterocycles. The van der Waals surface area contributed by atoms with E-state index in [2.05, 4.69) is 15.6 Å². The molecule has 1 fully saturated rings. The summed E-state index contributed by atoms with van der Waals surface area (Å²) in [4.78, 5) is 15.4. The molecule has 4 nitrogen and oxygen atoms in total. The van der Waals surface area contributed by atoms with E-state index in [1.54, 1.807) is 18.3 Å². The average Bonchev–Trinajstić information content (AvgIpc) is 3.05. The minimum absolute atomic E-state index is 0.00253. The Kier molecular flexibility index (Phi) is 3.74. The maximum atomic E-state index is 11.5. The SMILES string of the molecule is O=C(CCNC1CC1)Nc1ccc(Cl)nc1. The molecule has 1 aromatic rings. The summed E-state index contributed by atoms with van der Waals surface area (Å²) in [5.41, 5.74) is 0.681. The molecule has 16 heavy (non-hydrogen) atoms. The van der Waals surface area contributed by atoms with Crippen LogP contribution >= 0.6 is 11.6 Å². The van der Waals surface area contributed by atoms with E-state index in [0.29, 0.717) is 23.3 Å². The zero-order chi connectivity index (χ0) is 11.4. The topological polar surface area (TPSA) is 54.0 Å². The molecule has 1 saturated carbocycles. The van der Waals surface area contributed by atoms with E-state index in [1.807, 2.05) is 0 Å². The molecule has 2 rings (SSSR count). The first kappa shape index (κ1) is 11.4. The van der Waals surface area contributed by atoms with Gasteiger partial charge in [-0.2, -0.15) is 0 Å². The lowest BCUT2D eigenvalue weighted by molar-refractivity contribution is -0.116. The number of hydrogen-bond acceptors (Lipinski definition) is 3. The first-order valence-electron chi connectivity index (χ1n) is 5.39. The van der Waals surface area contributed by atoms with E-state index in [4.69, 9.17) is 11.6 Å². The van der Waals surface area contributed by atoms with Crippen molar-refractivity contribution in [2.45, 2.75) is 25.3 Å². The van der Waals surface area contributed by atoms with Crippen LogP contribution in [0.25, 0.3) is 0 Å². The molecule has 2 N–H and O–H groups in total. The molecule has 1 aromatic heterocycles. The van der Waals surface area contributed by atoms with Gasteiger partial charge in [-0.25, -0.2) is 4.98 Å². The van der Waals surface area contributed by atoms with Crippen molar-refractivity contribution in [1.82, 2.24) is 10.3 Å². The quantitative estimate of drug-likeness (QED) is 0.771. The standard InChI is InChI=1S/C11H14ClN3O/c12-10-4-3-9(7-14-10)15-11(16)5-6-13-8-1-2-8/h3-4,7-8,13H,1-2,5-6H2,(H,15,16). The van der Waals surface area contributed by atoms with Gasteiger partial charge in [-0.15, -0.1) is 0 Å². The van der Waals surface area contributed by atoms with Crippen molar-refractivity contribution in [3.8, 4) is 0 Å². The molecule has 0 aromatic carbocycles. The van der Waals surface area contributed by atoms with Gasteiger partial charge in [0.25, 0.3) is 0 Å². The molecule has 5 heteroatoms. The summed E-state index contributed by atoms with van der Waals surface area (Å²) in [6.07, 6.45) is 4.51. The molecule has 0 bridgehead atoms. The molecule has 0 aliphatic heterocycles. The van der Waals surface area contributed by atoms with Crippen LogP contribution in [0.5, 0.6) is 0 Å². The Morgan fingerprint density at radius 1 is 1.50 bits per heavy atom. The van der Waals surface area contributed by atoms with E-state index < -0.39 is 0 Å². The predicted octanol–water partition coefficient (Wildman–Crippen LogP) is 1.82. The number of nitrogens with one attached hydrogen (secondary N) is 2. The van der Waals surface area contributed by atoms with Crippen LogP contribution in [0.1, 0.15) is 19.3 Å². The smallest absolute Gasteiger partial charge is 0.225 e. The van der Waals surface area contributed by atoms with Crippen LogP contribution in [0.4, 0.5) is 5.69 Å². The van der Waals surface area contributed by atoms with Crippen molar-refractivity contribution >= 4 is 23.2 Å². The maximum Gasteiger partial charge on any atom is 0.225 e. The second kappa shape index (κ2) is 5.27. The second-order valence-electron chi connectivity index (χ2n) is 3.90. The predicted molar refractivity (Wildman–Crippen MR) is 63.5 cm³/mol. The summed E-state index contributed by atoms with van der Waals surface area (Å²) in [6.45, 7) is 0.734. The van der Waals surface area contributed by atoms with E-state index in [9.17, 15) is 4.79 Å². The van der Waals surface area contributed by atoms with Gasteiger partial charge in [0.05, 0.1) is 11.9 Å². The van der Waals surface area contributed by atoms with E-state index >= 15 is 0 Å². The number of nitrogens with zero attached hydrogens (tertiary/aromatic N) is 1. The van der Waals surface area contributed by atoms with E-state index in [0.717, 1.165) is 6.54 Å². The van der Waals surface area contributed by atoms with Crippen LogP contribution in [0.2, 0.25) is 5.15 Å². The van der Waals surface area contributed by atoms with Gasteiger partial charge >= 0.3 is 0 Å². The van der Waals surface area contributed by atoms with E-state index in [-0.39, 0.29) is 5.91 Å². The van der Waals surface area contributed by atoms with Crippen molar-refractivity contribution in [1.29, 1.82) is 0 Å². The molecule has 0 spiro atoms. The summed E-state index contributed by atoms with van der Waals surface area (Å²) < 4.78 is 0. The van der Waals surface area contributed by atoms with Gasteiger partial charge in [0, 0.05) is 19.0 Å². The Balaban J connectivity index is 1.70. The fraction of sp³-hybridized carbons (Fsp3) is 0.455. The number of amides is 1. The Bertz CT molecular complexity index is 362. The first-order chi connectivity index (χ1) is 7.74. The van der Waals surface area contributed by atoms with Crippen LogP contribution in [-0.2, 0) is 4.79 Å². The molecule has 0 atom stereocenters. The normalized spacial score (nSPS) is 14.8. The lowest BCUT2D eigenvalue weighted by Gasteiger charge is -2.05. The number of aromatic nitrogens is 1. The summed E-state index contributed by atoms with van der Waals surface area (Å²) >= 11 is 5.64. The molecular formula is C11H14ClN3O. The number of carbonyl (C=O) groups is 1. The molecule has 86 valence electrons. The minimum Gasteiger partial charge on any atom is -0.325 e. The highest BCUT2D eigenvalue weighted by Crippen LogP contribution is 2.18. The highest BCUT2D eigenvalue weighted by Gasteiger charge is 2.19. The Morgan fingerprint density at radius 2 is 2.31 bits per heavy atom. The highest BCUT2D eigenvalue weighted by atomic mass is 35.5. The van der Waals surface area contributed by atoms with Gasteiger partial charge in [-0.05, 0) is 25.0 Å². The highest BCUT2D eigenvalue weighted by molar-refractivity contribution is 6.29. The van der Waals surface area contributed by atoms with Gasteiger partial charge in [-0.3, -0.25) is 4.79 Å². The number of carbonyl (C=O) groups excluding carboxylic acids is 1. The summed E-state index contributed by atoms with van der Waals surface area (Å²) in [5, 5.41) is 6.47. The Hall–Kier alpha value is -1.13. The maximum absolute atomic E-state index is 11.5. The zero-order valence-corrected chi connectivity index (χ0v) is 9.63. The van der Waals surface area contributed by atoms with Crippen molar-refractivity contribution in [2.24, 2.45) is 0 Å². The lowest BCUT2D eigenvalue weighted by Crippen LogP contribution is -2.23. The molecule has 0 unspecified atom stereocenters.